The van der Waals surface area contributed by atoms with Crippen LogP contribution in [-0.2, 0) is 0 Å². The van der Waals surface area contributed by atoms with E-state index in [9.17, 15) is 4.39 Å². The molecule has 0 unspecified atom stereocenters. The summed E-state index contributed by atoms with van der Waals surface area (Å²) in [5.74, 6) is 0.705. The number of hydrogen-bond donors (Lipinski definition) is 0. The minimum Gasteiger partial charge on any atom is -0.207 e. The van der Waals surface area contributed by atoms with E-state index < -0.39 is 0 Å². The van der Waals surface area contributed by atoms with Gasteiger partial charge in [0, 0.05) is 10.9 Å². The van der Waals surface area contributed by atoms with E-state index in [0.29, 0.717) is 10.6 Å². The molecule has 1 aromatic carbocycles. The molecular formula is C9H9ClF. The normalized spacial score (nSPS) is 10.6. The molecule has 0 fully saturated rings. The fourth-order valence-corrected chi connectivity index (χ4v) is 1.05. The predicted octanol–water partition coefficient (Wildman–Crippen LogP) is 3.44. The van der Waals surface area contributed by atoms with E-state index in [-0.39, 0.29) is 5.82 Å². The van der Waals surface area contributed by atoms with Gasteiger partial charge in [-0.3, -0.25) is 0 Å². The van der Waals surface area contributed by atoms with Gasteiger partial charge < -0.3 is 0 Å². The summed E-state index contributed by atoms with van der Waals surface area (Å²) in [5.41, 5.74) is 0.634. The van der Waals surface area contributed by atoms with Crippen LogP contribution in [0.3, 0.4) is 0 Å². The van der Waals surface area contributed by atoms with Crippen LogP contribution in [0.4, 0.5) is 4.39 Å². The maximum absolute atomic E-state index is 13.0. The van der Waals surface area contributed by atoms with Crippen molar-refractivity contribution in [3.05, 3.63) is 40.5 Å². The average molecular weight is 172 g/mol. The van der Waals surface area contributed by atoms with E-state index in [1.54, 1.807) is 12.1 Å². The zero-order valence-corrected chi connectivity index (χ0v) is 7.24. The molecule has 0 aliphatic carbocycles. The molecule has 0 nitrogen and oxygen atoms in total. The molecule has 1 rings (SSSR count). The van der Waals surface area contributed by atoms with Gasteiger partial charge in [0.25, 0.3) is 0 Å². The second kappa shape index (κ2) is 3.22. The van der Waals surface area contributed by atoms with Gasteiger partial charge in [0.05, 0.1) is 0 Å². The van der Waals surface area contributed by atoms with Crippen molar-refractivity contribution in [3.8, 4) is 0 Å². The molecule has 0 N–H and O–H groups in total. The highest BCUT2D eigenvalue weighted by Crippen LogP contribution is 2.20. The molecule has 0 atom stereocenters. The van der Waals surface area contributed by atoms with Crippen molar-refractivity contribution in [2.45, 2.75) is 13.8 Å². The summed E-state index contributed by atoms with van der Waals surface area (Å²) in [6, 6.07) is 4.70. The molecule has 1 radical (unpaired) electrons. The number of rotatable bonds is 1. The molecule has 0 aliphatic rings. The lowest BCUT2D eigenvalue weighted by molar-refractivity contribution is 0.616. The van der Waals surface area contributed by atoms with Gasteiger partial charge in [-0.15, -0.1) is 0 Å². The first-order valence-corrected chi connectivity index (χ1v) is 3.74. The largest absolute Gasteiger partial charge is 0.207 e. The number of halogens is 2. The molecule has 1 aromatic rings. The molecule has 0 aromatic heterocycles. The van der Waals surface area contributed by atoms with Crippen molar-refractivity contribution in [1.29, 1.82) is 0 Å². The molecule has 0 heterocycles. The van der Waals surface area contributed by atoms with Gasteiger partial charge in [-0.05, 0) is 17.7 Å². The third-order valence-corrected chi connectivity index (χ3v) is 1.70. The van der Waals surface area contributed by atoms with Crippen molar-refractivity contribution in [2.75, 3.05) is 0 Å². The molecule has 59 valence electrons. The lowest BCUT2D eigenvalue weighted by Gasteiger charge is -2.05. The van der Waals surface area contributed by atoms with Gasteiger partial charge in [-0.1, -0.05) is 31.5 Å². The van der Waals surface area contributed by atoms with Crippen LogP contribution in [0, 0.1) is 11.7 Å². The average Bonchev–Trinajstić information content (AvgIpc) is 1.85. The Balaban J connectivity index is 3.09. The first-order valence-electron chi connectivity index (χ1n) is 3.37. The van der Waals surface area contributed by atoms with Crippen LogP contribution in [0.2, 0.25) is 5.02 Å². The maximum Gasteiger partial charge on any atom is 0.128 e. The summed E-state index contributed by atoms with van der Waals surface area (Å²) in [5, 5.41) is 0.438. The van der Waals surface area contributed by atoms with E-state index >= 15 is 0 Å². The Morgan fingerprint density at radius 2 is 2.00 bits per heavy atom. The summed E-state index contributed by atoms with van der Waals surface area (Å²) in [6.07, 6.45) is 0. The highest BCUT2D eigenvalue weighted by atomic mass is 35.5. The molecule has 0 spiro atoms. The highest BCUT2D eigenvalue weighted by molar-refractivity contribution is 6.30. The first-order chi connectivity index (χ1) is 5.11. The molecule has 11 heavy (non-hydrogen) atoms. The Morgan fingerprint density at radius 1 is 1.36 bits per heavy atom. The molecule has 0 amide bonds. The highest BCUT2D eigenvalue weighted by Gasteiger charge is 2.05. The van der Waals surface area contributed by atoms with Crippen LogP contribution >= 0.6 is 11.6 Å². The van der Waals surface area contributed by atoms with E-state index in [2.05, 4.69) is 0 Å². The summed E-state index contributed by atoms with van der Waals surface area (Å²) in [7, 11) is 0. The SMILES string of the molecule is C[C](C)c1ccc(Cl)cc1F. The fraction of sp³-hybridized carbons (Fsp3) is 0.222. The van der Waals surface area contributed by atoms with E-state index in [1.807, 2.05) is 13.8 Å². The number of hydrogen-bond acceptors (Lipinski definition) is 0. The standard InChI is InChI=1S/C9H9ClF/c1-6(2)8-4-3-7(10)5-9(8)11/h3-5H,1-2H3. The molecule has 2 heteroatoms. The molecule has 0 saturated carbocycles. The van der Waals surface area contributed by atoms with Gasteiger partial charge in [0.2, 0.25) is 0 Å². The molecule has 0 saturated heterocycles. The van der Waals surface area contributed by atoms with Crippen LogP contribution in [0.5, 0.6) is 0 Å². The third-order valence-electron chi connectivity index (χ3n) is 1.47. The van der Waals surface area contributed by atoms with Crippen LogP contribution in [0.1, 0.15) is 19.4 Å². The Labute approximate surface area is 71.0 Å². The maximum atomic E-state index is 13.0. The zero-order chi connectivity index (χ0) is 8.43. The van der Waals surface area contributed by atoms with Crippen molar-refractivity contribution < 1.29 is 4.39 Å². The van der Waals surface area contributed by atoms with E-state index in [0.717, 1.165) is 5.92 Å². The molecule has 0 aliphatic heterocycles. The van der Waals surface area contributed by atoms with E-state index in [4.69, 9.17) is 11.6 Å². The molecule has 0 bridgehead atoms. The molecular weight excluding hydrogens is 163 g/mol. The number of benzene rings is 1. The van der Waals surface area contributed by atoms with Gasteiger partial charge in [-0.25, -0.2) is 4.39 Å². The van der Waals surface area contributed by atoms with Crippen molar-refractivity contribution in [1.82, 2.24) is 0 Å². The fourth-order valence-electron chi connectivity index (χ4n) is 0.895. The van der Waals surface area contributed by atoms with Gasteiger partial charge in [0.15, 0.2) is 0 Å². The van der Waals surface area contributed by atoms with E-state index in [1.165, 1.54) is 6.07 Å². The van der Waals surface area contributed by atoms with Crippen molar-refractivity contribution in [2.24, 2.45) is 0 Å². The Hall–Kier alpha value is -0.560. The lowest BCUT2D eigenvalue weighted by atomic mass is 10.0. The van der Waals surface area contributed by atoms with Crippen LogP contribution < -0.4 is 0 Å². The van der Waals surface area contributed by atoms with Crippen LogP contribution in [0.25, 0.3) is 0 Å². The summed E-state index contributed by atoms with van der Waals surface area (Å²) in [4.78, 5) is 0. The van der Waals surface area contributed by atoms with Crippen LogP contribution in [-0.4, -0.2) is 0 Å². The topological polar surface area (TPSA) is 0 Å². The van der Waals surface area contributed by atoms with Gasteiger partial charge in [-0.2, -0.15) is 0 Å². The minimum absolute atomic E-state index is 0.252. The summed E-state index contributed by atoms with van der Waals surface area (Å²) in [6.45, 7) is 3.73. The van der Waals surface area contributed by atoms with Crippen LogP contribution in [0.15, 0.2) is 18.2 Å². The minimum atomic E-state index is -0.252. The third kappa shape index (κ3) is 1.93. The smallest absolute Gasteiger partial charge is 0.128 e. The van der Waals surface area contributed by atoms with Gasteiger partial charge in [0.1, 0.15) is 5.82 Å². The second-order valence-corrected chi connectivity index (χ2v) is 3.06. The van der Waals surface area contributed by atoms with Crippen molar-refractivity contribution in [3.63, 3.8) is 0 Å². The second-order valence-electron chi connectivity index (χ2n) is 2.62. The Bertz CT molecular complexity index is 256. The Kier molecular flexibility index (Phi) is 2.50. The lowest BCUT2D eigenvalue weighted by Crippen LogP contribution is -1.92. The zero-order valence-electron chi connectivity index (χ0n) is 6.49. The summed E-state index contributed by atoms with van der Waals surface area (Å²) >= 11 is 5.57. The quantitative estimate of drug-likeness (QED) is 0.607. The predicted molar refractivity (Wildman–Crippen MR) is 45.1 cm³/mol. The monoisotopic (exact) mass is 171 g/mol. The van der Waals surface area contributed by atoms with Gasteiger partial charge >= 0.3 is 0 Å². The van der Waals surface area contributed by atoms with Crippen molar-refractivity contribution >= 4 is 11.6 Å². The summed E-state index contributed by atoms with van der Waals surface area (Å²) < 4.78 is 13.0. The Morgan fingerprint density at radius 3 is 2.45 bits per heavy atom. The first kappa shape index (κ1) is 8.54.